The van der Waals surface area contributed by atoms with Gasteiger partial charge >= 0.3 is 0 Å². The second-order valence-electron chi connectivity index (χ2n) is 8.90. The number of fused-ring (bicyclic) bond motifs is 3. The molecule has 2 saturated heterocycles. The Morgan fingerprint density at radius 3 is 2.61 bits per heavy atom. The fourth-order valence-corrected chi connectivity index (χ4v) is 4.51. The third kappa shape index (κ3) is 3.25. The van der Waals surface area contributed by atoms with E-state index < -0.39 is 11.7 Å². The standard InChI is InChI=1S/C20H34O3/c1-14(2)20-12-11-18(4,23-20)16(21)9-8-15(3)7-6-10-19(5)17(13-20)22-19/h7,14,16-17,21H,6,8-13H2,1-5H3/b15-7+/t16-,17-,18?,19?,20?/m1/s1. The van der Waals surface area contributed by atoms with Gasteiger partial charge in [0.05, 0.1) is 29.0 Å². The number of ether oxygens (including phenoxy) is 2. The van der Waals surface area contributed by atoms with E-state index in [4.69, 9.17) is 9.47 Å². The molecular weight excluding hydrogens is 288 g/mol. The van der Waals surface area contributed by atoms with Crippen LogP contribution in [0.2, 0.25) is 0 Å². The highest BCUT2D eigenvalue weighted by Gasteiger charge is 2.59. The summed E-state index contributed by atoms with van der Waals surface area (Å²) in [6, 6.07) is 0. The van der Waals surface area contributed by atoms with Crippen molar-refractivity contribution in [1.82, 2.24) is 0 Å². The van der Waals surface area contributed by atoms with Gasteiger partial charge in [-0.05, 0) is 65.2 Å². The van der Waals surface area contributed by atoms with Crippen molar-refractivity contribution < 1.29 is 14.6 Å². The number of hydrogen-bond donors (Lipinski definition) is 1. The minimum absolute atomic E-state index is 0.0215. The lowest BCUT2D eigenvalue weighted by molar-refractivity contribution is -0.167. The lowest BCUT2D eigenvalue weighted by Crippen LogP contribution is -2.45. The lowest BCUT2D eigenvalue weighted by atomic mass is 9.80. The molecule has 0 amide bonds. The van der Waals surface area contributed by atoms with Gasteiger partial charge in [-0.1, -0.05) is 25.5 Å². The zero-order valence-electron chi connectivity index (χ0n) is 15.5. The van der Waals surface area contributed by atoms with Crippen LogP contribution in [0.3, 0.4) is 0 Å². The van der Waals surface area contributed by atoms with Crippen LogP contribution in [0, 0.1) is 5.92 Å². The minimum atomic E-state index is -0.413. The fraction of sp³-hybridized carbons (Fsp3) is 0.900. The lowest BCUT2D eigenvalue weighted by Gasteiger charge is -2.38. The van der Waals surface area contributed by atoms with Crippen LogP contribution in [0.4, 0.5) is 0 Å². The van der Waals surface area contributed by atoms with Crippen LogP contribution in [-0.4, -0.2) is 34.1 Å². The minimum Gasteiger partial charge on any atom is -0.390 e. The molecule has 3 heterocycles. The van der Waals surface area contributed by atoms with E-state index in [0.29, 0.717) is 12.0 Å². The van der Waals surface area contributed by atoms with Crippen LogP contribution in [0.25, 0.3) is 0 Å². The third-order valence-electron chi connectivity index (χ3n) is 6.75. The molecule has 132 valence electrons. The van der Waals surface area contributed by atoms with Crippen LogP contribution >= 0.6 is 0 Å². The van der Waals surface area contributed by atoms with Gasteiger partial charge in [0, 0.05) is 6.42 Å². The molecule has 2 bridgehead atoms. The van der Waals surface area contributed by atoms with Gasteiger partial charge in [0.1, 0.15) is 0 Å². The van der Waals surface area contributed by atoms with E-state index in [1.807, 2.05) is 0 Å². The fourth-order valence-electron chi connectivity index (χ4n) is 4.51. The zero-order valence-corrected chi connectivity index (χ0v) is 15.5. The predicted octanol–water partition coefficient (Wildman–Crippen LogP) is 4.38. The number of aliphatic hydroxyl groups is 1. The quantitative estimate of drug-likeness (QED) is 0.575. The van der Waals surface area contributed by atoms with Gasteiger partial charge in [-0.25, -0.2) is 0 Å². The summed E-state index contributed by atoms with van der Waals surface area (Å²) in [4.78, 5) is 0. The first-order valence-corrected chi connectivity index (χ1v) is 9.41. The van der Waals surface area contributed by atoms with Crippen LogP contribution in [0.5, 0.6) is 0 Å². The van der Waals surface area contributed by atoms with Gasteiger partial charge in [0.25, 0.3) is 0 Å². The molecule has 0 spiro atoms. The first-order valence-electron chi connectivity index (χ1n) is 9.41. The van der Waals surface area contributed by atoms with Crippen molar-refractivity contribution >= 4 is 0 Å². The molecule has 3 nitrogen and oxygen atoms in total. The molecule has 3 aliphatic rings. The molecule has 0 radical (unpaired) electrons. The summed E-state index contributed by atoms with van der Waals surface area (Å²) >= 11 is 0. The molecule has 3 unspecified atom stereocenters. The predicted molar refractivity (Wildman–Crippen MR) is 92.4 cm³/mol. The Labute approximate surface area is 141 Å². The van der Waals surface area contributed by atoms with Crippen LogP contribution in [0.15, 0.2) is 11.6 Å². The summed E-state index contributed by atoms with van der Waals surface area (Å²) in [6.45, 7) is 11.0. The van der Waals surface area contributed by atoms with Crippen molar-refractivity contribution in [2.45, 2.75) is 109 Å². The maximum Gasteiger partial charge on any atom is 0.0924 e. The first-order chi connectivity index (χ1) is 10.7. The molecule has 23 heavy (non-hydrogen) atoms. The molecule has 0 aliphatic carbocycles. The molecule has 0 saturated carbocycles. The Hall–Kier alpha value is -0.380. The molecule has 2 fully saturated rings. The summed E-state index contributed by atoms with van der Waals surface area (Å²) in [7, 11) is 0. The van der Waals surface area contributed by atoms with Crippen molar-refractivity contribution in [3.63, 3.8) is 0 Å². The summed E-state index contributed by atoms with van der Waals surface area (Å²) in [5, 5.41) is 10.8. The van der Waals surface area contributed by atoms with Crippen molar-refractivity contribution in [1.29, 1.82) is 0 Å². The van der Waals surface area contributed by atoms with E-state index in [1.54, 1.807) is 0 Å². The molecule has 0 aromatic rings. The Balaban J connectivity index is 1.85. The van der Waals surface area contributed by atoms with Crippen LogP contribution in [-0.2, 0) is 9.47 Å². The van der Waals surface area contributed by atoms with Crippen LogP contribution < -0.4 is 0 Å². The summed E-state index contributed by atoms with van der Waals surface area (Å²) in [6.07, 6.45) is 9.09. The van der Waals surface area contributed by atoms with E-state index in [2.05, 4.69) is 40.7 Å². The monoisotopic (exact) mass is 322 g/mol. The molecular formula is C20H34O3. The van der Waals surface area contributed by atoms with Gasteiger partial charge in [-0.15, -0.1) is 0 Å². The Morgan fingerprint density at radius 2 is 1.91 bits per heavy atom. The smallest absolute Gasteiger partial charge is 0.0924 e. The highest BCUT2D eigenvalue weighted by atomic mass is 16.6. The Bertz CT molecular complexity index is 485. The number of epoxide rings is 1. The van der Waals surface area contributed by atoms with Gasteiger partial charge in [-0.3, -0.25) is 0 Å². The number of allylic oxidation sites excluding steroid dienone is 2. The van der Waals surface area contributed by atoms with Gasteiger partial charge in [-0.2, -0.15) is 0 Å². The molecule has 3 rings (SSSR count). The molecule has 3 heteroatoms. The molecule has 5 atom stereocenters. The Morgan fingerprint density at radius 1 is 1.17 bits per heavy atom. The molecule has 0 aromatic heterocycles. The average Bonchev–Trinajstić information content (AvgIpc) is 2.94. The number of hydrogen-bond acceptors (Lipinski definition) is 3. The summed E-state index contributed by atoms with van der Waals surface area (Å²) in [5.41, 5.74) is 0.840. The van der Waals surface area contributed by atoms with E-state index in [-0.39, 0.29) is 11.2 Å². The highest BCUT2D eigenvalue weighted by molar-refractivity contribution is 5.10. The second-order valence-corrected chi connectivity index (χ2v) is 8.90. The third-order valence-corrected chi connectivity index (χ3v) is 6.75. The van der Waals surface area contributed by atoms with Gasteiger partial charge in [0.2, 0.25) is 0 Å². The van der Waals surface area contributed by atoms with Crippen molar-refractivity contribution in [2.75, 3.05) is 0 Å². The normalized spacial score (nSPS) is 50.3. The molecule has 0 aromatic carbocycles. The average molecular weight is 322 g/mol. The number of rotatable bonds is 1. The van der Waals surface area contributed by atoms with Gasteiger partial charge < -0.3 is 14.6 Å². The molecule has 1 N–H and O–H groups in total. The topological polar surface area (TPSA) is 42.0 Å². The van der Waals surface area contributed by atoms with E-state index in [9.17, 15) is 5.11 Å². The van der Waals surface area contributed by atoms with Crippen molar-refractivity contribution in [3.8, 4) is 0 Å². The SMILES string of the molecule is C/C1=C\CCC2(C)O[C@@H]2CC2(C(C)C)CCC(C)(O2)[C@H](O)CC1. The molecule has 3 aliphatic heterocycles. The number of aliphatic hydroxyl groups excluding tert-OH is 1. The highest BCUT2D eigenvalue weighted by Crippen LogP contribution is 2.53. The van der Waals surface area contributed by atoms with E-state index >= 15 is 0 Å². The summed E-state index contributed by atoms with van der Waals surface area (Å²) in [5.74, 6) is 0.440. The summed E-state index contributed by atoms with van der Waals surface area (Å²) < 4.78 is 12.8. The van der Waals surface area contributed by atoms with Crippen molar-refractivity contribution in [2.24, 2.45) is 5.92 Å². The second kappa shape index (κ2) is 5.86. The van der Waals surface area contributed by atoms with E-state index in [0.717, 1.165) is 44.9 Å². The van der Waals surface area contributed by atoms with Gasteiger partial charge in [0.15, 0.2) is 0 Å². The van der Waals surface area contributed by atoms with E-state index in [1.165, 1.54) is 5.57 Å². The zero-order chi connectivity index (χ0) is 16.9. The van der Waals surface area contributed by atoms with Crippen LogP contribution in [0.1, 0.15) is 79.6 Å². The Kier molecular flexibility index (Phi) is 4.44. The maximum atomic E-state index is 10.8. The van der Waals surface area contributed by atoms with Crippen molar-refractivity contribution in [3.05, 3.63) is 11.6 Å². The first kappa shape index (κ1) is 17.4. The maximum absolute atomic E-state index is 10.8. The largest absolute Gasteiger partial charge is 0.390 e.